The first kappa shape index (κ1) is 22.5. The molecule has 2 aromatic carbocycles. The van der Waals surface area contributed by atoms with Crippen LogP contribution in [0.2, 0.25) is 0 Å². The van der Waals surface area contributed by atoms with Crippen molar-refractivity contribution in [2.45, 2.75) is 50.5 Å². The Bertz CT molecular complexity index is 1260. The third kappa shape index (κ3) is 3.77. The van der Waals surface area contributed by atoms with Crippen molar-refractivity contribution in [1.29, 1.82) is 0 Å². The van der Waals surface area contributed by atoms with Crippen LogP contribution in [0.5, 0.6) is 5.75 Å². The van der Waals surface area contributed by atoms with Crippen molar-refractivity contribution in [3.8, 4) is 5.75 Å². The van der Waals surface area contributed by atoms with Crippen LogP contribution in [0.1, 0.15) is 49.8 Å². The number of hydrogen-bond donors (Lipinski definition) is 0. The van der Waals surface area contributed by atoms with E-state index < -0.39 is 10.0 Å². The molecule has 0 N–H and O–H groups in total. The molecule has 4 atom stereocenters. The molecule has 0 bridgehead atoms. The number of sulfonamides is 1. The number of ether oxygens (including phenoxy) is 1. The molecular formula is C27H34N2O3S. The van der Waals surface area contributed by atoms with Gasteiger partial charge in [-0.2, -0.15) is 4.31 Å². The average molecular weight is 467 g/mol. The molecule has 3 aromatic rings. The minimum absolute atomic E-state index is 0.202. The second-order valence-corrected chi connectivity index (χ2v) is 11.9. The standard InChI is InChI=1S/C27H34N2O3S/c1-18-9-12-22(13-10-18)33(30,31)29-16-20-7-5-6-8-23(20)19(2)27(29)25-17-28(3)26-14-11-21(32-4)15-24(25)26/h9-15,17,19-20,23,27H,5-8,16H2,1-4H3/t19-,20+,23-,27+/m1/s1. The van der Waals surface area contributed by atoms with Crippen molar-refractivity contribution in [1.82, 2.24) is 8.87 Å². The molecule has 2 aliphatic rings. The number of rotatable bonds is 4. The van der Waals surface area contributed by atoms with Gasteiger partial charge in [0.2, 0.25) is 10.0 Å². The van der Waals surface area contributed by atoms with Gasteiger partial charge in [0.1, 0.15) is 5.75 Å². The van der Waals surface area contributed by atoms with Crippen molar-refractivity contribution in [2.75, 3.05) is 13.7 Å². The fourth-order valence-corrected chi connectivity index (χ4v) is 8.04. The maximum absolute atomic E-state index is 14.1. The second kappa shape index (κ2) is 8.48. The fourth-order valence-electron chi connectivity index (χ4n) is 6.29. The molecule has 6 heteroatoms. The molecule has 33 heavy (non-hydrogen) atoms. The SMILES string of the molecule is COc1ccc2c(c1)c([C@@H]1[C@H](C)[C@H]3CCCC[C@H]3CN1S(=O)(=O)c1ccc(C)cc1)cn2C. The van der Waals surface area contributed by atoms with Crippen molar-refractivity contribution in [3.05, 3.63) is 59.8 Å². The normalized spacial score (nSPS) is 26.3. The lowest BCUT2D eigenvalue weighted by atomic mass is 9.67. The van der Waals surface area contributed by atoms with E-state index in [0.29, 0.717) is 23.3 Å². The Morgan fingerprint density at radius 3 is 2.48 bits per heavy atom. The predicted molar refractivity (Wildman–Crippen MR) is 132 cm³/mol. The Morgan fingerprint density at radius 2 is 1.76 bits per heavy atom. The fraction of sp³-hybridized carbons (Fsp3) is 0.481. The highest BCUT2D eigenvalue weighted by Crippen LogP contribution is 2.50. The molecule has 1 saturated carbocycles. The third-order valence-electron chi connectivity index (χ3n) is 8.04. The van der Waals surface area contributed by atoms with Crippen LogP contribution in [-0.2, 0) is 17.1 Å². The topological polar surface area (TPSA) is 51.5 Å². The van der Waals surface area contributed by atoms with Crippen LogP contribution in [0.3, 0.4) is 0 Å². The lowest BCUT2D eigenvalue weighted by Gasteiger charge is -2.49. The summed E-state index contributed by atoms with van der Waals surface area (Å²) < 4.78 is 37.6. The van der Waals surface area contributed by atoms with Crippen LogP contribution in [0, 0.1) is 24.7 Å². The van der Waals surface area contributed by atoms with E-state index in [4.69, 9.17) is 4.74 Å². The molecule has 176 valence electrons. The number of aryl methyl sites for hydroxylation is 2. The number of aromatic nitrogens is 1. The number of fused-ring (bicyclic) bond motifs is 2. The molecule has 1 aliphatic carbocycles. The zero-order valence-electron chi connectivity index (χ0n) is 20.0. The van der Waals surface area contributed by atoms with Gasteiger partial charge in [0.05, 0.1) is 18.0 Å². The molecule has 5 rings (SSSR count). The van der Waals surface area contributed by atoms with Crippen molar-refractivity contribution < 1.29 is 13.2 Å². The highest BCUT2D eigenvalue weighted by molar-refractivity contribution is 7.89. The molecular weight excluding hydrogens is 432 g/mol. The number of nitrogens with zero attached hydrogens (tertiary/aromatic N) is 2. The van der Waals surface area contributed by atoms with Gasteiger partial charge in [-0.3, -0.25) is 0 Å². The Hall–Kier alpha value is -2.31. The highest BCUT2D eigenvalue weighted by Gasteiger charge is 2.47. The Kier molecular flexibility index (Phi) is 5.78. The van der Waals surface area contributed by atoms with Crippen LogP contribution in [-0.4, -0.2) is 30.9 Å². The van der Waals surface area contributed by atoms with Gasteiger partial charge in [-0.25, -0.2) is 8.42 Å². The van der Waals surface area contributed by atoms with E-state index in [1.165, 1.54) is 19.3 Å². The van der Waals surface area contributed by atoms with Crippen LogP contribution in [0.15, 0.2) is 53.6 Å². The van der Waals surface area contributed by atoms with Gasteiger partial charge in [-0.15, -0.1) is 0 Å². The zero-order chi connectivity index (χ0) is 23.3. The summed E-state index contributed by atoms with van der Waals surface area (Å²) in [5.41, 5.74) is 3.24. The Morgan fingerprint density at radius 1 is 1.03 bits per heavy atom. The monoisotopic (exact) mass is 466 g/mol. The van der Waals surface area contributed by atoms with Gasteiger partial charge >= 0.3 is 0 Å². The van der Waals surface area contributed by atoms with Crippen LogP contribution < -0.4 is 4.74 Å². The maximum atomic E-state index is 14.1. The minimum atomic E-state index is -3.64. The van der Waals surface area contributed by atoms with Gasteiger partial charge in [0, 0.05) is 30.7 Å². The first-order valence-corrected chi connectivity index (χ1v) is 13.5. The largest absolute Gasteiger partial charge is 0.497 e. The first-order chi connectivity index (χ1) is 15.8. The van der Waals surface area contributed by atoms with Crippen LogP contribution in [0.4, 0.5) is 0 Å². The summed E-state index contributed by atoms with van der Waals surface area (Å²) in [6, 6.07) is 13.2. The molecule has 0 amide bonds. The number of piperidine rings is 1. The van der Waals surface area contributed by atoms with Crippen LogP contribution in [0.25, 0.3) is 10.9 Å². The third-order valence-corrected chi connectivity index (χ3v) is 9.90. The Labute approximate surface area is 197 Å². The highest BCUT2D eigenvalue weighted by atomic mass is 32.2. The van der Waals surface area contributed by atoms with Gasteiger partial charge in [-0.05, 0) is 73.4 Å². The minimum Gasteiger partial charge on any atom is -0.497 e. The lowest BCUT2D eigenvalue weighted by Crippen LogP contribution is -2.50. The second-order valence-electron chi connectivity index (χ2n) is 9.98. The van der Waals surface area contributed by atoms with Gasteiger partial charge < -0.3 is 9.30 Å². The summed E-state index contributed by atoms with van der Waals surface area (Å²) in [5, 5.41) is 1.08. The van der Waals surface area contributed by atoms with Gasteiger partial charge in [-0.1, -0.05) is 37.5 Å². The predicted octanol–water partition coefficient (Wildman–Crippen LogP) is 5.68. The summed E-state index contributed by atoms with van der Waals surface area (Å²) in [7, 11) is 0.0683. The van der Waals surface area contributed by atoms with E-state index in [-0.39, 0.29) is 12.0 Å². The molecule has 0 unspecified atom stereocenters. The lowest BCUT2D eigenvalue weighted by molar-refractivity contribution is 0.0375. The van der Waals surface area contributed by atoms with E-state index in [0.717, 1.165) is 34.2 Å². The number of benzene rings is 2. The van der Waals surface area contributed by atoms with Crippen LogP contribution >= 0.6 is 0 Å². The summed E-state index contributed by atoms with van der Waals surface area (Å²) in [5.74, 6) is 2.01. The number of methoxy groups -OCH3 is 1. The average Bonchev–Trinajstić information content (AvgIpc) is 3.14. The molecule has 0 spiro atoms. The van der Waals surface area contributed by atoms with Gasteiger partial charge in [0.25, 0.3) is 0 Å². The Balaban J connectivity index is 1.68. The summed E-state index contributed by atoms with van der Waals surface area (Å²) >= 11 is 0. The molecule has 2 heterocycles. The van der Waals surface area contributed by atoms with E-state index in [2.05, 4.69) is 29.8 Å². The number of hydrogen-bond acceptors (Lipinski definition) is 3. The first-order valence-electron chi connectivity index (χ1n) is 12.0. The summed E-state index contributed by atoms with van der Waals surface area (Å²) in [6.07, 6.45) is 6.88. The zero-order valence-corrected chi connectivity index (χ0v) is 20.8. The molecule has 0 radical (unpaired) electrons. The molecule has 1 aliphatic heterocycles. The summed E-state index contributed by atoms with van der Waals surface area (Å²) in [4.78, 5) is 0.386. The quantitative estimate of drug-likeness (QED) is 0.497. The smallest absolute Gasteiger partial charge is 0.243 e. The van der Waals surface area contributed by atoms with E-state index >= 15 is 0 Å². The summed E-state index contributed by atoms with van der Waals surface area (Å²) in [6.45, 7) is 4.85. The van der Waals surface area contributed by atoms with E-state index in [9.17, 15) is 8.42 Å². The van der Waals surface area contributed by atoms with Crippen molar-refractivity contribution in [3.63, 3.8) is 0 Å². The van der Waals surface area contributed by atoms with Crippen molar-refractivity contribution in [2.24, 2.45) is 24.8 Å². The van der Waals surface area contributed by atoms with Gasteiger partial charge in [0.15, 0.2) is 0 Å². The molecule has 5 nitrogen and oxygen atoms in total. The molecule has 1 aromatic heterocycles. The van der Waals surface area contributed by atoms with E-state index in [1.54, 1.807) is 19.2 Å². The van der Waals surface area contributed by atoms with Crippen molar-refractivity contribution >= 4 is 20.9 Å². The molecule has 2 fully saturated rings. The van der Waals surface area contributed by atoms with E-state index in [1.807, 2.05) is 36.5 Å². The molecule has 1 saturated heterocycles. The maximum Gasteiger partial charge on any atom is 0.243 e.